The molecule has 2 aliphatic carbocycles. The van der Waals surface area contributed by atoms with Gasteiger partial charge in [0, 0.05) is 17.9 Å². The fourth-order valence-electron chi connectivity index (χ4n) is 2.19. The summed E-state index contributed by atoms with van der Waals surface area (Å²) in [5, 5.41) is 7.45. The van der Waals surface area contributed by atoms with Crippen LogP contribution in [-0.4, -0.2) is 23.2 Å². The quantitative estimate of drug-likeness (QED) is 0.821. The molecule has 2 fully saturated rings. The van der Waals surface area contributed by atoms with E-state index >= 15 is 0 Å². The summed E-state index contributed by atoms with van der Waals surface area (Å²) >= 11 is 0. The highest BCUT2D eigenvalue weighted by molar-refractivity contribution is 5.14. The minimum Gasteiger partial charge on any atom is -0.339 e. The number of hydrogen-bond acceptors (Lipinski definition) is 4. The van der Waals surface area contributed by atoms with E-state index in [0.717, 1.165) is 24.1 Å². The number of aromatic nitrogens is 2. The largest absolute Gasteiger partial charge is 0.339 e. The molecule has 1 aromatic rings. The normalized spacial score (nSPS) is 24.4. The van der Waals surface area contributed by atoms with Gasteiger partial charge in [-0.1, -0.05) is 12.1 Å². The van der Waals surface area contributed by atoms with Crippen molar-refractivity contribution in [2.45, 2.75) is 50.5 Å². The van der Waals surface area contributed by atoms with Crippen molar-refractivity contribution in [2.24, 2.45) is 5.92 Å². The summed E-state index contributed by atoms with van der Waals surface area (Å²) in [6.07, 6.45) is 5.95. The Morgan fingerprint density at radius 3 is 2.81 bits per heavy atom. The number of rotatable bonds is 5. The van der Waals surface area contributed by atoms with Crippen LogP contribution in [0.3, 0.4) is 0 Å². The highest BCUT2D eigenvalue weighted by atomic mass is 16.5. The average Bonchev–Trinajstić information content (AvgIpc) is 3.19. The van der Waals surface area contributed by atoms with E-state index in [2.05, 4.69) is 22.4 Å². The average molecular weight is 221 g/mol. The van der Waals surface area contributed by atoms with Gasteiger partial charge in [0.2, 0.25) is 5.89 Å². The number of likely N-dealkylation sites (N-methyl/N-ethyl adjacent to an activating group) is 1. The van der Waals surface area contributed by atoms with E-state index < -0.39 is 0 Å². The van der Waals surface area contributed by atoms with Gasteiger partial charge in [-0.25, -0.2) is 0 Å². The Balaban J connectivity index is 1.67. The van der Waals surface area contributed by atoms with Crippen LogP contribution in [0.4, 0.5) is 0 Å². The fraction of sp³-hybridized carbons (Fsp3) is 0.833. The van der Waals surface area contributed by atoms with Crippen molar-refractivity contribution in [1.82, 2.24) is 15.5 Å². The molecule has 4 heteroatoms. The highest BCUT2D eigenvalue weighted by Gasteiger charge is 2.43. The van der Waals surface area contributed by atoms with E-state index in [4.69, 9.17) is 4.52 Å². The summed E-state index contributed by atoms with van der Waals surface area (Å²) in [5.74, 6) is 2.53. The Hall–Kier alpha value is -0.900. The van der Waals surface area contributed by atoms with Gasteiger partial charge in [-0.2, -0.15) is 4.98 Å². The second-order valence-electron chi connectivity index (χ2n) is 5.51. The van der Waals surface area contributed by atoms with Gasteiger partial charge in [0.05, 0.1) is 0 Å². The molecule has 0 aromatic carbocycles. The van der Waals surface area contributed by atoms with Crippen molar-refractivity contribution in [3.05, 3.63) is 11.7 Å². The van der Waals surface area contributed by atoms with Crippen molar-refractivity contribution in [3.63, 3.8) is 0 Å². The number of nitrogens with one attached hydrogen (secondary N) is 1. The van der Waals surface area contributed by atoms with Crippen LogP contribution < -0.4 is 5.32 Å². The molecule has 1 atom stereocenters. The first-order valence-electron chi connectivity index (χ1n) is 6.21. The summed E-state index contributed by atoms with van der Waals surface area (Å²) in [5.41, 5.74) is 0.219. The highest BCUT2D eigenvalue weighted by Crippen LogP contribution is 2.46. The molecule has 88 valence electrons. The minimum absolute atomic E-state index is 0.219. The van der Waals surface area contributed by atoms with Crippen molar-refractivity contribution >= 4 is 0 Å². The standard InChI is InChI=1S/C12H19N3O/c1-12(5-6-12)11-14-10(16-15-11)7-9(13-2)8-3-4-8/h8-9,13H,3-7H2,1-2H3. The van der Waals surface area contributed by atoms with Crippen LogP contribution in [0.5, 0.6) is 0 Å². The molecule has 16 heavy (non-hydrogen) atoms. The third-order valence-corrected chi connectivity index (χ3v) is 3.96. The molecule has 1 N–H and O–H groups in total. The molecule has 4 nitrogen and oxygen atoms in total. The van der Waals surface area contributed by atoms with Gasteiger partial charge in [0.15, 0.2) is 5.82 Å². The monoisotopic (exact) mass is 221 g/mol. The molecular weight excluding hydrogens is 202 g/mol. The molecule has 1 unspecified atom stereocenters. The number of nitrogens with zero attached hydrogens (tertiary/aromatic N) is 2. The zero-order valence-corrected chi connectivity index (χ0v) is 9.99. The van der Waals surface area contributed by atoms with Crippen LogP contribution in [-0.2, 0) is 11.8 Å². The maximum atomic E-state index is 5.34. The van der Waals surface area contributed by atoms with Gasteiger partial charge >= 0.3 is 0 Å². The van der Waals surface area contributed by atoms with E-state index in [1.807, 2.05) is 7.05 Å². The SMILES string of the molecule is CNC(Cc1nc(C2(C)CC2)no1)C1CC1. The predicted molar refractivity (Wildman–Crippen MR) is 60.2 cm³/mol. The lowest BCUT2D eigenvalue weighted by Crippen LogP contribution is -2.29. The first-order valence-corrected chi connectivity index (χ1v) is 6.21. The van der Waals surface area contributed by atoms with Crippen molar-refractivity contribution in [2.75, 3.05) is 7.05 Å². The van der Waals surface area contributed by atoms with Crippen LogP contribution in [0.2, 0.25) is 0 Å². The molecule has 1 aromatic heterocycles. The fourth-order valence-corrected chi connectivity index (χ4v) is 2.19. The van der Waals surface area contributed by atoms with Crippen LogP contribution >= 0.6 is 0 Å². The zero-order valence-electron chi connectivity index (χ0n) is 9.99. The van der Waals surface area contributed by atoms with Gasteiger partial charge in [-0.15, -0.1) is 0 Å². The zero-order chi connectivity index (χ0) is 11.2. The first-order chi connectivity index (χ1) is 7.71. The Kier molecular flexibility index (Phi) is 2.28. The summed E-state index contributed by atoms with van der Waals surface area (Å²) in [7, 11) is 2.02. The molecule has 2 saturated carbocycles. The van der Waals surface area contributed by atoms with Gasteiger partial charge in [0.25, 0.3) is 0 Å². The molecule has 1 heterocycles. The molecule has 0 bridgehead atoms. The van der Waals surface area contributed by atoms with Gasteiger partial charge in [-0.05, 0) is 38.6 Å². The van der Waals surface area contributed by atoms with Crippen LogP contribution in [0, 0.1) is 5.92 Å². The summed E-state index contributed by atoms with van der Waals surface area (Å²) in [4.78, 5) is 4.52. The summed E-state index contributed by atoms with van der Waals surface area (Å²) < 4.78 is 5.34. The van der Waals surface area contributed by atoms with Crippen molar-refractivity contribution in [3.8, 4) is 0 Å². The Morgan fingerprint density at radius 1 is 1.50 bits per heavy atom. The maximum Gasteiger partial charge on any atom is 0.228 e. The molecule has 0 aliphatic heterocycles. The molecule has 0 saturated heterocycles. The van der Waals surface area contributed by atoms with Crippen LogP contribution in [0.1, 0.15) is 44.3 Å². The Morgan fingerprint density at radius 2 is 2.25 bits per heavy atom. The minimum atomic E-state index is 0.219. The molecular formula is C12H19N3O. The van der Waals surface area contributed by atoms with E-state index in [1.165, 1.54) is 25.7 Å². The smallest absolute Gasteiger partial charge is 0.228 e. The molecule has 3 rings (SSSR count). The van der Waals surface area contributed by atoms with Gasteiger partial charge in [0.1, 0.15) is 0 Å². The third-order valence-electron chi connectivity index (χ3n) is 3.96. The molecule has 0 radical (unpaired) electrons. The second-order valence-corrected chi connectivity index (χ2v) is 5.51. The van der Waals surface area contributed by atoms with Crippen LogP contribution in [0.15, 0.2) is 4.52 Å². The van der Waals surface area contributed by atoms with E-state index in [9.17, 15) is 0 Å². The lowest BCUT2D eigenvalue weighted by atomic mass is 10.1. The molecule has 2 aliphatic rings. The molecule has 0 spiro atoms. The third kappa shape index (κ3) is 1.86. The predicted octanol–water partition coefficient (Wildman–Crippen LogP) is 1.66. The summed E-state index contributed by atoms with van der Waals surface area (Å²) in [6, 6.07) is 0.514. The lowest BCUT2D eigenvalue weighted by molar-refractivity contribution is 0.346. The Labute approximate surface area is 95.8 Å². The van der Waals surface area contributed by atoms with Gasteiger partial charge in [-0.3, -0.25) is 0 Å². The second kappa shape index (κ2) is 3.55. The number of hydrogen-bond donors (Lipinski definition) is 1. The van der Waals surface area contributed by atoms with Crippen LogP contribution in [0.25, 0.3) is 0 Å². The van der Waals surface area contributed by atoms with Gasteiger partial charge < -0.3 is 9.84 Å². The van der Waals surface area contributed by atoms with E-state index in [0.29, 0.717) is 6.04 Å². The van der Waals surface area contributed by atoms with E-state index in [1.54, 1.807) is 0 Å². The summed E-state index contributed by atoms with van der Waals surface area (Å²) in [6.45, 7) is 2.21. The topological polar surface area (TPSA) is 51.0 Å². The molecule has 0 amide bonds. The lowest BCUT2D eigenvalue weighted by Gasteiger charge is -2.11. The maximum absolute atomic E-state index is 5.34. The van der Waals surface area contributed by atoms with Crippen molar-refractivity contribution < 1.29 is 4.52 Å². The van der Waals surface area contributed by atoms with E-state index in [-0.39, 0.29) is 5.41 Å². The Bertz CT molecular complexity index is 379. The first kappa shape index (κ1) is 10.3. The van der Waals surface area contributed by atoms with Crippen molar-refractivity contribution in [1.29, 1.82) is 0 Å².